The summed E-state index contributed by atoms with van der Waals surface area (Å²) in [5.74, 6) is 0. The van der Waals surface area contributed by atoms with Crippen molar-refractivity contribution in [3.8, 4) is 0 Å². The number of aromatic nitrogens is 2. The van der Waals surface area contributed by atoms with Gasteiger partial charge in [-0.15, -0.1) is 22.7 Å². The van der Waals surface area contributed by atoms with Crippen LogP contribution in [0.3, 0.4) is 0 Å². The molecule has 5 heteroatoms. The fourth-order valence-corrected chi connectivity index (χ4v) is 4.89. The second-order valence-electron chi connectivity index (χ2n) is 3.91. The van der Waals surface area contributed by atoms with E-state index in [-0.39, 0.29) is 0 Å². The van der Waals surface area contributed by atoms with Crippen LogP contribution in [0.25, 0.3) is 31.2 Å². The Morgan fingerprint density at radius 2 is 1.33 bits per heavy atom. The molecule has 0 atom stereocenters. The number of fused-ring (bicyclic) bond motifs is 6. The molecule has 1 aromatic carbocycles. The van der Waals surface area contributed by atoms with Crippen molar-refractivity contribution in [2.45, 2.75) is 0 Å². The second kappa shape index (κ2) is 3.78. The molecular weight excluding hydrogens is 280 g/mol. The summed E-state index contributed by atoms with van der Waals surface area (Å²) in [4.78, 5) is 8.97. The van der Waals surface area contributed by atoms with Gasteiger partial charge in [-0.3, -0.25) is 9.97 Å². The van der Waals surface area contributed by atoms with Crippen molar-refractivity contribution < 1.29 is 0 Å². The first-order chi connectivity index (χ1) is 8.84. The number of rotatable bonds is 0. The van der Waals surface area contributed by atoms with Crippen LogP contribution < -0.4 is 0 Å². The summed E-state index contributed by atoms with van der Waals surface area (Å²) in [5.41, 5.74) is 1.93. The Bertz CT molecular complexity index is 877. The summed E-state index contributed by atoms with van der Waals surface area (Å²) >= 11 is 8.66. The predicted molar refractivity (Wildman–Crippen MR) is 81.1 cm³/mol. The SMILES string of the molecule is S=c1sc2c3cccnc3c3ncccc3c2s1. The van der Waals surface area contributed by atoms with E-state index in [2.05, 4.69) is 22.1 Å². The smallest absolute Gasteiger partial charge is 0.144 e. The van der Waals surface area contributed by atoms with Gasteiger partial charge in [0, 0.05) is 23.2 Å². The third kappa shape index (κ3) is 1.35. The van der Waals surface area contributed by atoms with Gasteiger partial charge in [0.05, 0.1) is 20.4 Å². The van der Waals surface area contributed by atoms with Crippen LogP contribution in [0.2, 0.25) is 0 Å². The van der Waals surface area contributed by atoms with Crippen LogP contribution >= 0.6 is 34.9 Å². The molecular formula is C13H6N2S3. The van der Waals surface area contributed by atoms with Gasteiger partial charge in [-0.05, 0) is 24.3 Å². The lowest BCUT2D eigenvalue weighted by atomic mass is 10.1. The van der Waals surface area contributed by atoms with E-state index in [0.717, 1.165) is 24.9 Å². The van der Waals surface area contributed by atoms with Gasteiger partial charge in [0.1, 0.15) is 3.14 Å². The lowest BCUT2D eigenvalue weighted by Gasteiger charge is -2.03. The molecule has 0 fully saturated rings. The van der Waals surface area contributed by atoms with Crippen LogP contribution in [0.5, 0.6) is 0 Å². The zero-order valence-corrected chi connectivity index (χ0v) is 11.5. The van der Waals surface area contributed by atoms with E-state index >= 15 is 0 Å². The topological polar surface area (TPSA) is 25.8 Å². The molecule has 3 heterocycles. The van der Waals surface area contributed by atoms with Gasteiger partial charge in [-0.2, -0.15) is 0 Å². The summed E-state index contributed by atoms with van der Waals surface area (Å²) in [6.45, 7) is 0. The molecule has 2 nitrogen and oxygen atoms in total. The molecule has 0 unspecified atom stereocenters. The van der Waals surface area contributed by atoms with Crippen molar-refractivity contribution in [2.75, 3.05) is 0 Å². The number of hydrogen-bond donors (Lipinski definition) is 0. The first-order valence-corrected chi connectivity index (χ1v) is 7.44. The second-order valence-corrected chi connectivity index (χ2v) is 7.14. The fraction of sp³-hybridized carbons (Fsp3) is 0. The summed E-state index contributed by atoms with van der Waals surface area (Å²) in [6, 6.07) is 8.11. The molecule has 0 aliphatic rings. The monoisotopic (exact) mass is 286 g/mol. The Morgan fingerprint density at radius 1 is 0.833 bits per heavy atom. The van der Waals surface area contributed by atoms with Gasteiger partial charge in [0.25, 0.3) is 0 Å². The van der Waals surface area contributed by atoms with Crippen LogP contribution in [-0.4, -0.2) is 9.97 Å². The normalized spacial score (nSPS) is 11.6. The molecule has 0 N–H and O–H groups in total. The molecule has 0 saturated heterocycles. The highest BCUT2D eigenvalue weighted by Crippen LogP contribution is 2.39. The van der Waals surface area contributed by atoms with Gasteiger partial charge in [-0.25, -0.2) is 0 Å². The molecule has 86 valence electrons. The van der Waals surface area contributed by atoms with Crippen LogP contribution in [0.4, 0.5) is 0 Å². The van der Waals surface area contributed by atoms with Crippen molar-refractivity contribution in [3.63, 3.8) is 0 Å². The molecule has 0 radical (unpaired) electrons. The fourth-order valence-electron chi connectivity index (χ4n) is 2.19. The lowest BCUT2D eigenvalue weighted by Crippen LogP contribution is -1.84. The third-order valence-electron chi connectivity index (χ3n) is 2.91. The van der Waals surface area contributed by atoms with Crippen molar-refractivity contribution >= 4 is 66.1 Å². The standard InChI is InChI=1S/C13H6N2S3/c16-13-17-11-7-3-1-5-14-9(7)10-8(12(11)18-13)4-2-6-15-10/h1-6H. The first kappa shape index (κ1) is 10.5. The minimum Gasteiger partial charge on any atom is -0.254 e. The molecule has 4 rings (SSSR count). The number of pyridine rings is 2. The van der Waals surface area contributed by atoms with Gasteiger partial charge >= 0.3 is 0 Å². The van der Waals surface area contributed by atoms with Gasteiger partial charge in [0.2, 0.25) is 0 Å². The van der Waals surface area contributed by atoms with Crippen molar-refractivity contribution in [3.05, 3.63) is 39.8 Å². The number of benzene rings is 1. The Hall–Kier alpha value is -1.43. The third-order valence-corrected chi connectivity index (χ3v) is 5.62. The molecule has 0 amide bonds. The Kier molecular flexibility index (Phi) is 2.20. The molecule has 0 saturated carbocycles. The van der Waals surface area contributed by atoms with Gasteiger partial charge in [0.15, 0.2) is 0 Å². The minimum atomic E-state index is 0.950. The van der Waals surface area contributed by atoms with Crippen LogP contribution in [0.1, 0.15) is 0 Å². The van der Waals surface area contributed by atoms with Crippen molar-refractivity contribution in [2.24, 2.45) is 0 Å². The zero-order valence-electron chi connectivity index (χ0n) is 9.08. The maximum absolute atomic E-state index is 5.34. The highest BCUT2D eigenvalue weighted by atomic mass is 32.2. The van der Waals surface area contributed by atoms with Crippen LogP contribution in [-0.2, 0) is 0 Å². The molecule has 0 bridgehead atoms. The van der Waals surface area contributed by atoms with Crippen molar-refractivity contribution in [1.82, 2.24) is 9.97 Å². The average molecular weight is 286 g/mol. The van der Waals surface area contributed by atoms with E-state index < -0.39 is 0 Å². The van der Waals surface area contributed by atoms with Crippen molar-refractivity contribution in [1.29, 1.82) is 0 Å². The molecule has 3 aromatic heterocycles. The highest BCUT2D eigenvalue weighted by Gasteiger charge is 2.11. The van der Waals surface area contributed by atoms with E-state index in [4.69, 9.17) is 12.2 Å². The van der Waals surface area contributed by atoms with Gasteiger partial charge < -0.3 is 0 Å². The Balaban J connectivity index is 2.50. The maximum atomic E-state index is 5.34. The number of nitrogens with zero attached hydrogens (tertiary/aromatic N) is 2. The molecule has 18 heavy (non-hydrogen) atoms. The quantitative estimate of drug-likeness (QED) is 0.343. The summed E-state index contributed by atoms with van der Waals surface area (Å²) in [5, 5.41) is 2.30. The van der Waals surface area contributed by atoms with Crippen LogP contribution in [0, 0.1) is 3.14 Å². The first-order valence-electron chi connectivity index (χ1n) is 5.39. The Labute approximate surface area is 116 Å². The van der Waals surface area contributed by atoms with E-state index in [1.54, 1.807) is 22.7 Å². The highest BCUT2D eigenvalue weighted by molar-refractivity contribution is 7.77. The van der Waals surface area contributed by atoms with Crippen LogP contribution in [0.15, 0.2) is 36.7 Å². The van der Waals surface area contributed by atoms with Gasteiger partial charge in [-0.1, -0.05) is 12.2 Å². The van der Waals surface area contributed by atoms with E-state index in [0.29, 0.717) is 0 Å². The largest absolute Gasteiger partial charge is 0.254 e. The summed E-state index contributed by atoms with van der Waals surface area (Å²) < 4.78 is 3.41. The summed E-state index contributed by atoms with van der Waals surface area (Å²) in [6.07, 6.45) is 3.63. The van der Waals surface area contributed by atoms with E-state index in [1.807, 2.05) is 24.5 Å². The molecule has 0 aliphatic heterocycles. The predicted octanol–water partition coefficient (Wildman–Crippen LogP) is 4.79. The number of hydrogen-bond acceptors (Lipinski definition) is 5. The minimum absolute atomic E-state index is 0.950. The Morgan fingerprint density at radius 3 is 1.83 bits per heavy atom. The molecule has 0 aliphatic carbocycles. The average Bonchev–Trinajstić information content (AvgIpc) is 2.81. The molecule has 0 spiro atoms. The lowest BCUT2D eigenvalue weighted by molar-refractivity contribution is 1.38. The van der Waals surface area contributed by atoms with E-state index in [9.17, 15) is 0 Å². The summed E-state index contributed by atoms with van der Waals surface area (Å²) in [7, 11) is 0. The molecule has 4 aromatic rings. The maximum Gasteiger partial charge on any atom is 0.144 e. The zero-order chi connectivity index (χ0) is 12.1. The van der Waals surface area contributed by atoms with E-state index in [1.165, 1.54) is 9.40 Å².